The molecule has 1 N–H and O–H groups in total. The van der Waals surface area contributed by atoms with Gasteiger partial charge in [0.15, 0.2) is 0 Å². The summed E-state index contributed by atoms with van der Waals surface area (Å²) < 4.78 is 0. The number of benzene rings is 1. The number of hydrogen-bond acceptors (Lipinski definition) is 1. The van der Waals surface area contributed by atoms with Crippen molar-refractivity contribution in [3.05, 3.63) is 46.5 Å². The van der Waals surface area contributed by atoms with Crippen molar-refractivity contribution in [2.75, 3.05) is 0 Å². The van der Waals surface area contributed by atoms with Crippen LogP contribution in [0.3, 0.4) is 0 Å². The molecule has 0 aliphatic carbocycles. The van der Waals surface area contributed by atoms with Gasteiger partial charge >= 0.3 is 0 Å². The summed E-state index contributed by atoms with van der Waals surface area (Å²) in [6.07, 6.45) is 1.58. The monoisotopic (exact) mass is 237 g/mol. The molecule has 3 heteroatoms. The maximum absolute atomic E-state index is 11.5. The second-order valence-electron chi connectivity index (χ2n) is 4.01. The largest absolute Gasteiger partial charge is 0.346 e. The molecule has 0 spiro atoms. The fraction of sp³-hybridized carbons (Fsp3) is 0.308. The maximum atomic E-state index is 11.5. The Morgan fingerprint density at radius 3 is 2.69 bits per heavy atom. The van der Waals surface area contributed by atoms with Gasteiger partial charge in [-0.05, 0) is 38.5 Å². The molecule has 1 aromatic carbocycles. The average Bonchev–Trinajstić information content (AvgIpc) is 2.16. The van der Waals surface area contributed by atoms with Crippen LogP contribution in [0, 0.1) is 0 Å². The van der Waals surface area contributed by atoms with Gasteiger partial charge in [-0.25, -0.2) is 0 Å². The van der Waals surface area contributed by atoms with Gasteiger partial charge in [0.2, 0.25) is 5.91 Å². The summed E-state index contributed by atoms with van der Waals surface area (Å²) in [4.78, 5) is 11.5. The van der Waals surface area contributed by atoms with Crippen LogP contribution in [0.5, 0.6) is 0 Å². The van der Waals surface area contributed by atoms with Crippen molar-refractivity contribution < 1.29 is 4.79 Å². The van der Waals surface area contributed by atoms with Crippen molar-refractivity contribution in [3.8, 4) is 0 Å². The maximum Gasteiger partial charge on any atom is 0.244 e. The van der Waals surface area contributed by atoms with E-state index in [1.807, 2.05) is 45.0 Å². The third kappa shape index (κ3) is 4.07. The van der Waals surface area contributed by atoms with E-state index in [2.05, 4.69) is 5.32 Å². The molecule has 0 aliphatic heterocycles. The molecular weight excluding hydrogens is 222 g/mol. The molecule has 1 amide bonds. The average molecular weight is 238 g/mol. The summed E-state index contributed by atoms with van der Waals surface area (Å²) in [6.45, 7) is 5.72. The zero-order chi connectivity index (χ0) is 12.1. The minimum atomic E-state index is -0.0764. The predicted octanol–water partition coefficient (Wildman–Crippen LogP) is 3.48. The Hall–Kier alpha value is -1.28. The smallest absolute Gasteiger partial charge is 0.244 e. The van der Waals surface area contributed by atoms with E-state index >= 15 is 0 Å². The molecule has 0 bridgehead atoms. The quantitative estimate of drug-likeness (QED) is 0.802. The van der Waals surface area contributed by atoms with Crippen LogP contribution in [0.25, 0.3) is 0 Å². The highest BCUT2D eigenvalue weighted by molar-refractivity contribution is 6.30. The van der Waals surface area contributed by atoms with Crippen molar-refractivity contribution in [1.29, 1.82) is 0 Å². The van der Waals surface area contributed by atoms with E-state index in [1.165, 1.54) is 0 Å². The van der Waals surface area contributed by atoms with E-state index in [0.717, 1.165) is 11.1 Å². The second-order valence-corrected chi connectivity index (χ2v) is 4.44. The van der Waals surface area contributed by atoms with E-state index < -0.39 is 0 Å². The molecule has 0 aliphatic rings. The number of rotatable bonds is 3. The summed E-state index contributed by atoms with van der Waals surface area (Å²) >= 11 is 5.89. The lowest BCUT2D eigenvalue weighted by Gasteiger charge is -2.13. The van der Waals surface area contributed by atoms with Crippen LogP contribution in [-0.4, -0.2) is 5.91 Å². The van der Waals surface area contributed by atoms with E-state index in [-0.39, 0.29) is 11.9 Å². The molecule has 1 atom stereocenters. The van der Waals surface area contributed by atoms with Gasteiger partial charge in [0.05, 0.1) is 6.04 Å². The molecule has 0 heterocycles. The van der Waals surface area contributed by atoms with Gasteiger partial charge in [0.25, 0.3) is 0 Å². The van der Waals surface area contributed by atoms with Gasteiger partial charge in [-0.1, -0.05) is 29.3 Å². The molecule has 1 aromatic rings. The highest BCUT2D eigenvalue weighted by Gasteiger charge is 2.07. The Morgan fingerprint density at radius 1 is 1.44 bits per heavy atom. The van der Waals surface area contributed by atoms with Gasteiger partial charge in [0.1, 0.15) is 0 Å². The minimum Gasteiger partial charge on any atom is -0.346 e. The fourth-order valence-corrected chi connectivity index (χ4v) is 1.58. The summed E-state index contributed by atoms with van der Waals surface area (Å²) in [7, 11) is 0. The second kappa shape index (κ2) is 5.71. The fourth-order valence-electron chi connectivity index (χ4n) is 1.38. The van der Waals surface area contributed by atoms with Crippen LogP contribution >= 0.6 is 11.6 Å². The molecule has 0 fully saturated rings. The Bertz CT molecular complexity index is 408. The Morgan fingerprint density at radius 2 is 2.12 bits per heavy atom. The highest BCUT2D eigenvalue weighted by atomic mass is 35.5. The first kappa shape index (κ1) is 12.8. The van der Waals surface area contributed by atoms with Gasteiger partial charge < -0.3 is 5.32 Å². The first-order valence-corrected chi connectivity index (χ1v) is 5.57. The van der Waals surface area contributed by atoms with Gasteiger partial charge in [-0.15, -0.1) is 0 Å². The van der Waals surface area contributed by atoms with Crippen molar-refractivity contribution in [3.63, 3.8) is 0 Å². The van der Waals surface area contributed by atoms with Crippen LogP contribution in [0.15, 0.2) is 35.9 Å². The lowest BCUT2D eigenvalue weighted by Crippen LogP contribution is -2.24. The van der Waals surface area contributed by atoms with Gasteiger partial charge in [0, 0.05) is 11.1 Å². The predicted molar refractivity (Wildman–Crippen MR) is 67.4 cm³/mol. The minimum absolute atomic E-state index is 0.0400. The van der Waals surface area contributed by atoms with Gasteiger partial charge in [-0.2, -0.15) is 0 Å². The van der Waals surface area contributed by atoms with E-state index in [0.29, 0.717) is 5.02 Å². The van der Waals surface area contributed by atoms with Crippen molar-refractivity contribution in [2.24, 2.45) is 0 Å². The first-order valence-electron chi connectivity index (χ1n) is 5.20. The van der Waals surface area contributed by atoms with Gasteiger partial charge in [-0.3, -0.25) is 4.79 Å². The third-order valence-electron chi connectivity index (χ3n) is 2.13. The van der Waals surface area contributed by atoms with Crippen molar-refractivity contribution >= 4 is 17.5 Å². The molecular formula is C13H16ClNO. The molecule has 16 heavy (non-hydrogen) atoms. The molecule has 0 radical (unpaired) electrons. The SMILES string of the molecule is CC(C)=CC(=O)N[C@H](C)c1cccc(Cl)c1. The standard InChI is InChI=1S/C13H16ClNO/c1-9(2)7-13(16)15-10(3)11-5-4-6-12(14)8-11/h4-8,10H,1-3H3,(H,15,16)/t10-/m1/s1. The summed E-state index contributed by atoms with van der Waals surface area (Å²) in [5.74, 6) is -0.0764. The molecule has 86 valence electrons. The normalized spacial score (nSPS) is 11.8. The number of halogens is 1. The third-order valence-corrected chi connectivity index (χ3v) is 2.36. The molecule has 1 rings (SSSR count). The molecule has 2 nitrogen and oxygen atoms in total. The van der Waals surface area contributed by atoms with E-state index in [1.54, 1.807) is 6.08 Å². The molecule has 0 unspecified atom stereocenters. The first-order chi connectivity index (χ1) is 7.49. The lowest BCUT2D eigenvalue weighted by atomic mass is 10.1. The number of carbonyl (C=O) groups is 1. The van der Waals surface area contributed by atoms with E-state index in [9.17, 15) is 4.79 Å². The summed E-state index contributed by atoms with van der Waals surface area (Å²) in [5.41, 5.74) is 1.99. The number of carbonyl (C=O) groups excluding carboxylic acids is 1. The Labute approximate surface area is 101 Å². The lowest BCUT2D eigenvalue weighted by molar-refractivity contribution is -0.117. The van der Waals surface area contributed by atoms with E-state index in [4.69, 9.17) is 11.6 Å². The van der Waals surface area contributed by atoms with Crippen molar-refractivity contribution in [1.82, 2.24) is 5.32 Å². The molecule has 0 saturated carbocycles. The molecule has 0 saturated heterocycles. The number of allylic oxidation sites excluding steroid dienone is 1. The highest BCUT2D eigenvalue weighted by Crippen LogP contribution is 2.17. The Kier molecular flexibility index (Phi) is 4.56. The van der Waals surface area contributed by atoms with Crippen LogP contribution in [0.4, 0.5) is 0 Å². The zero-order valence-electron chi connectivity index (χ0n) is 9.75. The topological polar surface area (TPSA) is 29.1 Å². The number of hydrogen-bond donors (Lipinski definition) is 1. The summed E-state index contributed by atoms with van der Waals surface area (Å²) in [6, 6.07) is 7.45. The zero-order valence-corrected chi connectivity index (χ0v) is 10.5. The number of amides is 1. The van der Waals surface area contributed by atoms with Crippen LogP contribution < -0.4 is 5.32 Å². The Balaban J connectivity index is 2.69. The van der Waals surface area contributed by atoms with Crippen molar-refractivity contribution in [2.45, 2.75) is 26.8 Å². The molecule has 0 aromatic heterocycles. The number of nitrogens with one attached hydrogen (secondary N) is 1. The summed E-state index contributed by atoms with van der Waals surface area (Å²) in [5, 5.41) is 3.56. The van der Waals surface area contributed by atoms with Crippen LogP contribution in [0.1, 0.15) is 32.4 Å². The van der Waals surface area contributed by atoms with Crippen LogP contribution in [0.2, 0.25) is 5.02 Å². The van der Waals surface area contributed by atoms with Crippen LogP contribution in [-0.2, 0) is 4.79 Å².